The van der Waals surface area contributed by atoms with Crippen LogP contribution in [-0.2, 0) is 15.3 Å². The third kappa shape index (κ3) is 5.96. The van der Waals surface area contributed by atoms with E-state index >= 15 is 0 Å². The quantitative estimate of drug-likeness (QED) is 0.408. The zero-order valence-corrected chi connectivity index (χ0v) is 17.5. The largest absolute Gasteiger partial charge is 0.452 e. The van der Waals surface area contributed by atoms with Crippen molar-refractivity contribution in [3.8, 4) is 0 Å². The van der Waals surface area contributed by atoms with E-state index in [2.05, 4.69) is 15.5 Å². The third-order valence-electron chi connectivity index (χ3n) is 3.56. The Morgan fingerprint density at radius 1 is 1.21 bits per heavy atom. The van der Waals surface area contributed by atoms with Crippen LogP contribution in [-0.4, -0.2) is 28.6 Å². The number of aryl methyl sites for hydroxylation is 1. The number of rotatable bonds is 7. The highest BCUT2D eigenvalue weighted by molar-refractivity contribution is 7.98. The first-order chi connectivity index (χ1) is 13.9. The normalized spacial score (nSPS) is 10.6. The second-order valence-electron chi connectivity index (χ2n) is 5.77. The molecule has 0 aliphatic carbocycles. The predicted molar refractivity (Wildman–Crippen MR) is 110 cm³/mol. The van der Waals surface area contributed by atoms with Gasteiger partial charge in [-0.2, -0.15) is 4.98 Å². The highest BCUT2D eigenvalue weighted by Crippen LogP contribution is 2.27. The number of esters is 1. The highest BCUT2D eigenvalue weighted by atomic mass is 35.5. The van der Waals surface area contributed by atoms with Gasteiger partial charge in [0.05, 0.1) is 22.0 Å². The first-order valence-corrected chi connectivity index (χ1v) is 10.1. The molecule has 0 aliphatic rings. The average Bonchev–Trinajstić information content (AvgIpc) is 3.13. The van der Waals surface area contributed by atoms with E-state index in [0.717, 1.165) is 0 Å². The minimum Gasteiger partial charge on any atom is -0.452 e. The average molecular weight is 452 g/mol. The van der Waals surface area contributed by atoms with Crippen LogP contribution in [0, 0.1) is 6.92 Å². The fraction of sp³-hybridized carbons (Fsp3) is 0.158. The standard InChI is InChI=1S/C19H15Cl2N3O4S/c1-11-22-18(28-24-11)10-29-16-5-3-2-4-13(16)19(26)27-9-17(25)23-15-8-12(20)6-7-14(15)21/h2-8H,9-10H2,1H3,(H,23,25). The second-order valence-corrected chi connectivity index (χ2v) is 7.63. The number of aromatic nitrogens is 2. The van der Waals surface area contributed by atoms with E-state index in [1.165, 1.54) is 17.8 Å². The maximum atomic E-state index is 12.4. The van der Waals surface area contributed by atoms with Crippen LogP contribution in [0.15, 0.2) is 51.9 Å². The summed E-state index contributed by atoms with van der Waals surface area (Å²) >= 11 is 13.2. The summed E-state index contributed by atoms with van der Waals surface area (Å²) in [6, 6.07) is 11.6. The zero-order chi connectivity index (χ0) is 20.8. The van der Waals surface area contributed by atoms with Crippen LogP contribution in [0.1, 0.15) is 22.1 Å². The van der Waals surface area contributed by atoms with Crippen molar-refractivity contribution < 1.29 is 18.8 Å². The van der Waals surface area contributed by atoms with Gasteiger partial charge in [-0.25, -0.2) is 4.79 Å². The SMILES string of the molecule is Cc1noc(CSc2ccccc2C(=O)OCC(=O)Nc2cc(Cl)ccc2Cl)n1. The molecule has 1 N–H and O–H groups in total. The molecule has 3 aromatic rings. The number of carbonyl (C=O) groups excluding carboxylic acids is 2. The fourth-order valence-corrected chi connectivity index (χ4v) is 3.50. The van der Waals surface area contributed by atoms with Crippen molar-refractivity contribution in [1.29, 1.82) is 0 Å². The van der Waals surface area contributed by atoms with Crippen LogP contribution in [0.2, 0.25) is 10.0 Å². The molecule has 7 nitrogen and oxygen atoms in total. The molecular weight excluding hydrogens is 437 g/mol. The third-order valence-corrected chi connectivity index (χ3v) is 5.19. The van der Waals surface area contributed by atoms with Crippen molar-refractivity contribution in [1.82, 2.24) is 10.1 Å². The molecule has 1 aromatic heterocycles. The van der Waals surface area contributed by atoms with E-state index in [4.69, 9.17) is 32.5 Å². The van der Waals surface area contributed by atoms with Gasteiger partial charge in [0.25, 0.3) is 5.91 Å². The molecule has 29 heavy (non-hydrogen) atoms. The summed E-state index contributed by atoms with van der Waals surface area (Å²) in [6.07, 6.45) is 0. The van der Waals surface area contributed by atoms with E-state index in [1.807, 2.05) is 0 Å². The van der Waals surface area contributed by atoms with Crippen LogP contribution in [0.25, 0.3) is 0 Å². The Labute approximate surface area is 180 Å². The van der Waals surface area contributed by atoms with Crippen LogP contribution in [0.5, 0.6) is 0 Å². The van der Waals surface area contributed by atoms with E-state index in [1.54, 1.807) is 43.3 Å². The molecule has 0 saturated carbocycles. The summed E-state index contributed by atoms with van der Waals surface area (Å²) in [7, 11) is 0. The van der Waals surface area contributed by atoms with Gasteiger partial charge in [0.1, 0.15) is 0 Å². The lowest BCUT2D eigenvalue weighted by atomic mass is 10.2. The molecule has 2 aromatic carbocycles. The molecule has 10 heteroatoms. The smallest absolute Gasteiger partial charge is 0.339 e. The lowest BCUT2D eigenvalue weighted by Crippen LogP contribution is -2.21. The number of nitrogens with zero attached hydrogens (tertiary/aromatic N) is 2. The van der Waals surface area contributed by atoms with Crippen LogP contribution < -0.4 is 5.32 Å². The molecule has 1 heterocycles. The van der Waals surface area contributed by atoms with Crippen molar-refractivity contribution in [2.45, 2.75) is 17.6 Å². The molecule has 3 rings (SSSR count). The number of hydrogen-bond donors (Lipinski definition) is 1. The Morgan fingerprint density at radius 2 is 2.00 bits per heavy atom. The molecule has 0 bridgehead atoms. The molecule has 150 valence electrons. The monoisotopic (exact) mass is 451 g/mol. The van der Waals surface area contributed by atoms with Crippen molar-refractivity contribution in [2.24, 2.45) is 0 Å². The minimum atomic E-state index is -0.623. The van der Waals surface area contributed by atoms with E-state index < -0.39 is 18.5 Å². The number of anilines is 1. The number of hydrogen-bond acceptors (Lipinski definition) is 7. The van der Waals surface area contributed by atoms with Crippen LogP contribution in [0.4, 0.5) is 5.69 Å². The molecule has 0 fully saturated rings. The molecule has 0 saturated heterocycles. The van der Waals surface area contributed by atoms with Gasteiger partial charge in [-0.1, -0.05) is 40.5 Å². The van der Waals surface area contributed by atoms with E-state index in [0.29, 0.717) is 43.7 Å². The number of benzene rings is 2. The number of nitrogens with one attached hydrogen (secondary N) is 1. The molecule has 0 radical (unpaired) electrons. The first-order valence-electron chi connectivity index (χ1n) is 8.35. The van der Waals surface area contributed by atoms with Gasteiger partial charge in [-0.15, -0.1) is 11.8 Å². The summed E-state index contributed by atoms with van der Waals surface area (Å²) < 4.78 is 10.2. The number of thioether (sulfide) groups is 1. The molecule has 1 amide bonds. The van der Waals surface area contributed by atoms with Crippen molar-refractivity contribution in [3.63, 3.8) is 0 Å². The van der Waals surface area contributed by atoms with Gasteiger partial charge < -0.3 is 14.6 Å². The Balaban J connectivity index is 1.59. The topological polar surface area (TPSA) is 94.3 Å². The van der Waals surface area contributed by atoms with Crippen LogP contribution >= 0.6 is 35.0 Å². The van der Waals surface area contributed by atoms with E-state index in [-0.39, 0.29) is 0 Å². The Bertz CT molecular complexity index is 1040. The van der Waals surface area contributed by atoms with Gasteiger partial charge in [0.2, 0.25) is 5.89 Å². The van der Waals surface area contributed by atoms with Gasteiger partial charge in [-0.3, -0.25) is 4.79 Å². The minimum absolute atomic E-state index is 0.326. The Kier molecular flexibility index (Phi) is 7.13. The number of halogens is 2. The van der Waals surface area contributed by atoms with Gasteiger partial charge in [-0.05, 0) is 37.3 Å². The van der Waals surface area contributed by atoms with Gasteiger partial charge >= 0.3 is 5.97 Å². The summed E-state index contributed by atoms with van der Waals surface area (Å²) in [4.78, 5) is 29.3. The molecule has 0 atom stereocenters. The summed E-state index contributed by atoms with van der Waals surface area (Å²) in [6.45, 7) is 1.26. The maximum Gasteiger partial charge on any atom is 0.339 e. The lowest BCUT2D eigenvalue weighted by molar-refractivity contribution is -0.119. The number of ether oxygens (including phenoxy) is 1. The van der Waals surface area contributed by atoms with Crippen molar-refractivity contribution >= 4 is 52.5 Å². The molecule has 0 spiro atoms. The fourth-order valence-electron chi connectivity index (χ4n) is 2.29. The van der Waals surface area contributed by atoms with Gasteiger partial charge in [0.15, 0.2) is 12.4 Å². The highest BCUT2D eigenvalue weighted by Gasteiger charge is 2.16. The zero-order valence-electron chi connectivity index (χ0n) is 15.1. The van der Waals surface area contributed by atoms with Crippen LogP contribution in [0.3, 0.4) is 0 Å². The predicted octanol–water partition coefficient (Wildman–Crippen LogP) is 4.77. The van der Waals surface area contributed by atoms with E-state index in [9.17, 15) is 9.59 Å². The number of carbonyl (C=O) groups is 2. The second kappa shape index (κ2) is 9.78. The Morgan fingerprint density at radius 3 is 2.76 bits per heavy atom. The Hall–Kier alpha value is -2.55. The molecule has 0 unspecified atom stereocenters. The summed E-state index contributed by atoms with van der Waals surface area (Å²) in [5, 5.41) is 7.03. The van der Waals surface area contributed by atoms with Crippen molar-refractivity contribution in [2.75, 3.05) is 11.9 Å². The molecule has 0 aliphatic heterocycles. The van der Waals surface area contributed by atoms with Crippen molar-refractivity contribution in [3.05, 3.63) is 69.8 Å². The number of amides is 1. The van der Waals surface area contributed by atoms with Gasteiger partial charge in [0, 0.05) is 9.92 Å². The summed E-state index contributed by atoms with van der Waals surface area (Å²) in [5.74, 6) is 0.238. The molecular formula is C19H15Cl2N3O4S. The maximum absolute atomic E-state index is 12.4. The first kappa shape index (κ1) is 21.2. The summed E-state index contributed by atoms with van der Waals surface area (Å²) in [5.41, 5.74) is 0.674. The lowest BCUT2D eigenvalue weighted by Gasteiger charge is -2.10.